The maximum Gasteiger partial charge on any atom is 0.187 e. The van der Waals surface area contributed by atoms with E-state index >= 15 is 0 Å². The van der Waals surface area contributed by atoms with E-state index in [2.05, 4.69) is 0 Å². The van der Waals surface area contributed by atoms with E-state index in [9.17, 15) is 71.5 Å². The van der Waals surface area contributed by atoms with Crippen LogP contribution in [0, 0.1) is 0 Å². The molecule has 4 fully saturated rings. The molecule has 45 heavy (non-hydrogen) atoms. The zero-order chi connectivity index (χ0) is 33.3. The highest BCUT2D eigenvalue weighted by Crippen LogP contribution is 2.34. The molecule has 0 amide bonds. The normalized spacial score (nSPS) is 52.9. The van der Waals surface area contributed by atoms with Crippen LogP contribution in [0.15, 0.2) is 0 Å². The summed E-state index contributed by atoms with van der Waals surface area (Å²) in [4.78, 5) is 0. The lowest BCUT2D eigenvalue weighted by Crippen LogP contribution is -2.67. The zero-order valence-electron chi connectivity index (χ0n) is 23.5. The van der Waals surface area contributed by atoms with Crippen molar-refractivity contribution < 1.29 is 105 Å². The maximum absolute atomic E-state index is 11.0. The fraction of sp³-hybridized carbons (Fsp3) is 1.00. The van der Waals surface area contributed by atoms with Crippen LogP contribution in [0.1, 0.15) is 0 Å². The summed E-state index contributed by atoms with van der Waals surface area (Å²) < 4.78 is 37.7. The first-order valence-electron chi connectivity index (χ1n) is 14.1. The van der Waals surface area contributed by atoms with Gasteiger partial charge in [-0.1, -0.05) is 0 Å². The summed E-state index contributed by atoms with van der Waals surface area (Å²) >= 11 is 0. The Morgan fingerprint density at radius 3 is 1.22 bits per heavy atom. The Hall–Kier alpha value is -0.840. The summed E-state index contributed by atoms with van der Waals surface area (Å²) in [6.45, 7) is -3.41. The molecule has 0 aromatic carbocycles. The Morgan fingerprint density at radius 2 is 0.711 bits per heavy atom. The van der Waals surface area contributed by atoms with Crippen molar-refractivity contribution in [2.75, 3.05) is 26.4 Å². The quantitative estimate of drug-likeness (QED) is 0.103. The van der Waals surface area contributed by atoms with Crippen molar-refractivity contribution in [1.82, 2.24) is 0 Å². The molecule has 4 saturated heterocycles. The molecule has 21 nitrogen and oxygen atoms in total. The van der Waals surface area contributed by atoms with Gasteiger partial charge in [0, 0.05) is 0 Å². The van der Waals surface area contributed by atoms with E-state index in [1.165, 1.54) is 0 Å². The Kier molecular flexibility index (Phi) is 12.8. The summed E-state index contributed by atoms with van der Waals surface area (Å²) in [6.07, 6.45) is -35.6. The molecule has 0 aliphatic carbocycles. The first-order valence-corrected chi connectivity index (χ1v) is 14.1. The standard InChI is InChI=1S/C24H42O21/c25-1-5-9(29)11(31)15(35)22(40-5)43-19-8(4-28)42-23(16(36)13(19)33)45-20-10(30)6(2-26)41-24(17(20)37)44-18-7(3-27)39-21(38)14(34)12(18)32/h5-38H,1-4H2/t5-,6-,7-,8-,9-,10-,11+,12-,13-,14-,15-,16-,17-,18-,19-,20+,21-,22-,23-,24-/m1/s1. The van der Waals surface area contributed by atoms with E-state index < -0.39 is 149 Å². The largest absolute Gasteiger partial charge is 0.394 e. The number of aliphatic hydroxyl groups excluding tert-OH is 14. The van der Waals surface area contributed by atoms with Gasteiger partial charge >= 0.3 is 0 Å². The van der Waals surface area contributed by atoms with Crippen molar-refractivity contribution in [2.24, 2.45) is 0 Å². The van der Waals surface area contributed by atoms with Crippen LogP contribution in [0.5, 0.6) is 0 Å². The lowest BCUT2D eigenvalue weighted by atomic mass is 9.95. The van der Waals surface area contributed by atoms with E-state index in [1.54, 1.807) is 0 Å². The highest BCUT2D eigenvalue weighted by Gasteiger charge is 2.55. The van der Waals surface area contributed by atoms with Crippen LogP contribution in [0.4, 0.5) is 0 Å². The van der Waals surface area contributed by atoms with E-state index in [4.69, 9.17) is 33.2 Å². The van der Waals surface area contributed by atoms with Crippen molar-refractivity contribution in [3.63, 3.8) is 0 Å². The van der Waals surface area contributed by atoms with Crippen LogP contribution in [0.3, 0.4) is 0 Å². The van der Waals surface area contributed by atoms with Crippen LogP contribution >= 0.6 is 0 Å². The molecule has 4 rings (SSSR count). The molecule has 4 heterocycles. The summed E-state index contributed by atoms with van der Waals surface area (Å²) in [5.74, 6) is 0. The molecular formula is C24H42O21. The van der Waals surface area contributed by atoms with Gasteiger partial charge in [0.15, 0.2) is 25.2 Å². The van der Waals surface area contributed by atoms with E-state index in [-0.39, 0.29) is 0 Å². The molecule has 0 unspecified atom stereocenters. The van der Waals surface area contributed by atoms with Gasteiger partial charge < -0.3 is 105 Å². The summed E-state index contributed by atoms with van der Waals surface area (Å²) in [5.41, 5.74) is 0. The van der Waals surface area contributed by atoms with E-state index in [1.807, 2.05) is 0 Å². The number of aliphatic hydroxyl groups is 14. The first-order chi connectivity index (χ1) is 21.3. The average molecular weight is 667 g/mol. The molecule has 0 saturated carbocycles. The van der Waals surface area contributed by atoms with E-state index in [0.717, 1.165) is 0 Å². The molecule has 0 aromatic rings. The third-order valence-electron chi connectivity index (χ3n) is 8.20. The molecule has 264 valence electrons. The summed E-state index contributed by atoms with van der Waals surface area (Å²) in [5, 5.41) is 143. The van der Waals surface area contributed by atoms with Crippen molar-refractivity contribution in [2.45, 2.75) is 123 Å². The van der Waals surface area contributed by atoms with Gasteiger partial charge in [-0.3, -0.25) is 0 Å². The summed E-state index contributed by atoms with van der Waals surface area (Å²) in [6, 6.07) is 0. The number of hydrogen-bond donors (Lipinski definition) is 14. The monoisotopic (exact) mass is 666 g/mol. The fourth-order valence-electron chi connectivity index (χ4n) is 5.54. The SMILES string of the molecule is OC[C@H]1O[C@H](O[C@H]2[C@H](O)[C@@H](O)[C@@H](O[C@@H]3[C@@H](O)[C@@H](O[C@H]4[C@H](O)[C@@H](O)[C@H](O)O[C@@H]4CO)O[C@H](CO)[C@H]3O)O[C@@H]2CO)[C@H](O)[C@@H](O)[C@@H]1O. The molecular weight excluding hydrogens is 624 g/mol. The zero-order valence-corrected chi connectivity index (χ0v) is 23.5. The van der Waals surface area contributed by atoms with Gasteiger partial charge in [0.25, 0.3) is 0 Å². The van der Waals surface area contributed by atoms with Crippen molar-refractivity contribution in [3.8, 4) is 0 Å². The van der Waals surface area contributed by atoms with Gasteiger partial charge in [0.05, 0.1) is 26.4 Å². The Morgan fingerprint density at radius 1 is 0.333 bits per heavy atom. The highest BCUT2D eigenvalue weighted by atomic mass is 16.8. The number of rotatable bonds is 10. The Balaban J connectivity index is 1.48. The Bertz CT molecular complexity index is 912. The van der Waals surface area contributed by atoms with Crippen LogP contribution in [-0.4, -0.2) is 221 Å². The molecule has 21 heteroatoms. The Labute approximate surface area is 254 Å². The van der Waals surface area contributed by atoms with Crippen molar-refractivity contribution in [3.05, 3.63) is 0 Å². The molecule has 20 atom stereocenters. The highest BCUT2D eigenvalue weighted by molar-refractivity contribution is 4.97. The molecule has 4 aliphatic rings. The van der Waals surface area contributed by atoms with Crippen molar-refractivity contribution >= 4 is 0 Å². The van der Waals surface area contributed by atoms with Gasteiger partial charge in [-0.15, -0.1) is 0 Å². The number of ether oxygens (including phenoxy) is 7. The van der Waals surface area contributed by atoms with Crippen molar-refractivity contribution in [1.29, 1.82) is 0 Å². The van der Waals surface area contributed by atoms with Gasteiger partial charge in [0.2, 0.25) is 0 Å². The molecule has 0 spiro atoms. The van der Waals surface area contributed by atoms with Crippen LogP contribution in [0.2, 0.25) is 0 Å². The minimum absolute atomic E-state index is 0.790. The fourth-order valence-corrected chi connectivity index (χ4v) is 5.54. The molecule has 0 bridgehead atoms. The maximum atomic E-state index is 11.0. The second-order valence-corrected chi connectivity index (χ2v) is 11.1. The van der Waals surface area contributed by atoms with Crippen LogP contribution < -0.4 is 0 Å². The smallest absolute Gasteiger partial charge is 0.187 e. The predicted molar refractivity (Wildman–Crippen MR) is 134 cm³/mol. The second-order valence-electron chi connectivity index (χ2n) is 11.1. The average Bonchev–Trinajstić information content (AvgIpc) is 3.03. The first kappa shape index (κ1) is 37.0. The predicted octanol–water partition coefficient (Wildman–Crippen LogP) is -9.75. The number of hydrogen-bond acceptors (Lipinski definition) is 21. The topological polar surface area (TPSA) is 348 Å². The minimum atomic E-state index is -2.05. The minimum Gasteiger partial charge on any atom is -0.394 e. The molecule has 14 N–H and O–H groups in total. The lowest BCUT2D eigenvalue weighted by molar-refractivity contribution is -0.388. The van der Waals surface area contributed by atoms with Crippen LogP contribution in [0.25, 0.3) is 0 Å². The molecule has 4 aliphatic heterocycles. The lowest BCUT2D eigenvalue weighted by Gasteiger charge is -2.49. The second kappa shape index (κ2) is 15.6. The van der Waals surface area contributed by atoms with Gasteiger partial charge in [-0.05, 0) is 0 Å². The summed E-state index contributed by atoms with van der Waals surface area (Å²) in [7, 11) is 0. The third kappa shape index (κ3) is 7.44. The van der Waals surface area contributed by atoms with Gasteiger partial charge in [0.1, 0.15) is 97.7 Å². The third-order valence-corrected chi connectivity index (χ3v) is 8.20. The molecule has 0 radical (unpaired) electrons. The van der Waals surface area contributed by atoms with E-state index in [0.29, 0.717) is 0 Å². The van der Waals surface area contributed by atoms with Gasteiger partial charge in [-0.2, -0.15) is 0 Å². The molecule has 0 aromatic heterocycles. The van der Waals surface area contributed by atoms with Gasteiger partial charge in [-0.25, -0.2) is 0 Å². The van der Waals surface area contributed by atoms with Crippen LogP contribution in [-0.2, 0) is 33.2 Å².